The first-order valence-corrected chi connectivity index (χ1v) is 12.2. The number of imide groups is 2. The average Bonchev–Trinajstić information content (AvgIpc) is 3.46. The molecule has 0 saturated carbocycles. The Balaban J connectivity index is 2.13. The summed E-state index contributed by atoms with van der Waals surface area (Å²) in [6.07, 6.45) is -5.51. The fourth-order valence-corrected chi connectivity index (χ4v) is 4.03. The number of amides is 4. The van der Waals surface area contributed by atoms with Crippen LogP contribution in [-0.4, -0.2) is 65.3 Å². The summed E-state index contributed by atoms with van der Waals surface area (Å²) in [4.78, 5) is 48.9. The first-order chi connectivity index (χ1) is 21.4. The molecule has 0 aromatic heterocycles. The minimum atomic E-state index is -8.78. The van der Waals surface area contributed by atoms with Gasteiger partial charge in [-0.1, -0.05) is 0 Å². The third-order valence-corrected chi connectivity index (χ3v) is 6.72. The van der Waals surface area contributed by atoms with Crippen LogP contribution in [0.2, 0.25) is 0 Å². The van der Waals surface area contributed by atoms with Gasteiger partial charge >= 0.3 is 47.7 Å². The number of carbonyl (C=O) groups is 4. The smallest absolute Gasteiger partial charge is 0.428 e. The van der Waals surface area contributed by atoms with Crippen LogP contribution in [0.5, 0.6) is 5.75 Å². The van der Waals surface area contributed by atoms with E-state index < -0.39 is 98.8 Å². The van der Waals surface area contributed by atoms with Crippen LogP contribution in [0.15, 0.2) is 52.7 Å². The summed E-state index contributed by atoms with van der Waals surface area (Å²) in [6, 6.07) is -3.24. The molecule has 2 heterocycles. The zero-order valence-electron chi connectivity index (χ0n) is 21.7. The third kappa shape index (κ3) is 5.38. The van der Waals surface area contributed by atoms with Crippen molar-refractivity contribution in [1.82, 2.24) is 0 Å². The molecular formula is C23H6BrF17N2O5. The van der Waals surface area contributed by atoms with Gasteiger partial charge in [-0.25, -0.2) is 9.80 Å². The van der Waals surface area contributed by atoms with Crippen LogP contribution in [0, 0.1) is 0 Å². The van der Waals surface area contributed by atoms with Crippen molar-refractivity contribution in [2.45, 2.75) is 41.7 Å². The largest absolute Gasteiger partial charge is 0.460 e. The van der Waals surface area contributed by atoms with Crippen molar-refractivity contribution in [3.8, 4) is 5.75 Å². The highest BCUT2D eigenvalue weighted by Crippen LogP contribution is 2.63. The summed E-state index contributed by atoms with van der Waals surface area (Å²) in [6.45, 7) is 0. The SMILES string of the molecule is O=C1C=CC(=O)N1c1cc(Br)c(OC(F)=C(F)C(F)(F)C(F)(F)C(F)(F)C(F)(F)C(F)(F)C(F)(F)C(F)(F)F)cc1N1C(=O)C=CC1=O. The number of nitrogens with zero attached hydrogens (tertiary/aromatic N) is 2. The molecule has 0 unspecified atom stereocenters. The Morgan fingerprint density at radius 1 is 0.542 bits per heavy atom. The number of halogens is 18. The van der Waals surface area contributed by atoms with E-state index in [1.807, 2.05) is 0 Å². The van der Waals surface area contributed by atoms with Crippen LogP contribution >= 0.6 is 15.9 Å². The fourth-order valence-electron chi connectivity index (χ4n) is 3.61. The number of rotatable bonds is 10. The molecule has 2 aliphatic heterocycles. The van der Waals surface area contributed by atoms with Crippen molar-refractivity contribution in [3.63, 3.8) is 0 Å². The summed E-state index contributed by atoms with van der Waals surface area (Å²) < 4.78 is 233. The lowest BCUT2D eigenvalue weighted by atomic mass is 9.91. The Labute approximate surface area is 260 Å². The highest BCUT2D eigenvalue weighted by atomic mass is 79.9. The van der Waals surface area contributed by atoms with Crippen molar-refractivity contribution in [2.75, 3.05) is 9.80 Å². The molecule has 1 aromatic rings. The zero-order chi connectivity index (χ0) is 37.4. The van der Waals surface area contributed by atoms with Gasteiger partial charge in [0, 0.05) is 30.4 Å². The van der Waals surface area contributed by atoms with Crippen molar-refractivity contribution in [3.05, 3.63) is 52.7 Å². The zero-order valence-corrected chi connectivity index (χ0v) is 23.3. The second-order valence-corrected chi connectivity index (χ2v) is 9.95. The molecule has 7 nitrogen and oxygen atoms in total. The molecule has 264 valence electrons. The molecule has 3 rings (SSSR count). The Morgan fingerprint density at radius 2 is 0.875 bits per heavy atom. The molecule has 0 spiro atoms. The van der Waals surface area contributed by atoms with Gasteiger partial charge < -0.3 is 4.74 Å². The molecule has 2 aliphatic rings. The minimum Gasteiger partial charge on any atom is -0.428 e. The number of carbonyl (C=O) groups excluding carboxylic acids is 4. The summed E-state index contributed by atoms with van der Waals surface area (Å²) in [5.41, 5.74) is -1.79. The van der Waals surface area contributed by atoms with Gasteiger partial charge in [-0.3, -0.25) is 19.2 Å². The molecule has 0 aliphatic carbocycles. The van der Waals surface area contributed by atoms with E-state index in [0.717, 1.165) is 0 Å². The number of allylic oxidation sites excluding steroid dienone is 1. The number of anilines is 2. The maximum Gasteiger partial charge on any atom is 0.460 e. The average molecular weight is 793 g/mol. The van der Waals surface area contributed by atoms with Gasteiger partial charge in [-0.05, 0) is 22.0 Å². The van der Waals surface area contributed by atoms with E-state index in [2.05, 4.69) is 20.7 Å². The monoisotopic (exact) mass is 792 g/mol. The molecular weight excluding hydrogens is 787 g/mol. The van der Waals surface area contributed by atoms with Crippen molar-refractivity contribution in [2.24, 2.45) is 0 Å². The van der Waals surface area contributed by atoms with E-state index in [4.69, 9.17) is 0 Å². The Morgan fingerprint density at radius 3 is 1.25 bits per heavy atom. The van der Waals surface area contributed by atoms with Gasteiger partial charge in [0.1, 0.15) is 5.75 Å². The second-order valence-electron chi connectivity index (χ2n) is 9.10. The first kappa shape index (κ1) is 38.3. The van der Waals surface area contributed by atoms with Crippen LogP contribution in [0.1, 0.15) is 0 Å². The van der Waals surface area contributed by atoms with Crippen molar-refractivity contribution >= 4 is 50.9 Å². The van der Waals surface area contributed by atoms with E-state index in [-0.39, 0.29) is 15.9 Å². The first-order valence-electron chi connectivity index (χ1n) is 11.4. The van der Waals surface area contributed by atoms with E-state index in [9.17, 15) is 93.8 Å². The standard InChI is InChI=1S/C23H6BrF17N2O5/c24-7-5-8(42-11(44)1-2-12(42)45)9(43-13(46)3-4-14(43)47)6-10(7)48-16(26)15(25)17(27,28)18(29,30)19(31,32)20(33,34)21(35,36)22(37,38)23(39,40)41/h1-6H. The number of hydrogen-bond donors (Lipinski definition) is 0. The lowest BCUT2D eigenvalue weighted by Gasteiger charge is -2.41. The van der Waals surface area contributed by atoms with Gasteiger partial charge in [0.2, 0.25) is 5.83 Å². The predicted octanol–water partition coefficient (Wildman–Crippen LogP) is 7.17. The third-order valence-electron chi connectivity index (χ3n) is 6.10. The Hall–Kier alpha value is -4.19. The number of benzene rings is 1. The highest BCUT2D eigenvalue weighted by Gasteiger charge is 2.94. The molecule has 0 fully saturated rings. The quantitative estimate of drug-likeness (QED) is 0.143. The van der Waals surface area contributed by atoms with Crippen LogP contribution < -0.4 is 14.5 Å². The van der Waals surface area contributed by atoms with Gasteiger partial charge in [-0.15, -0.1) is 0 Å². The van der Waals surface area contributed by atoms with E-state index >= 15 is 0 Å². The Kier molecular flexibility index (Phi) is 9.13. The summed E-state index contributed by atoms with van der Waals surface area (Å²) in [7, 11) is 0. The maximum atomic E-state index is 14.5. The molecule has 0 bridgehead atoms. The Bertz CT molecular complexity index is 1650. The van der Waals surface area contributed by atoms with E-state index in [1.165, 1.54) is 0 Å². The molecule has 4 amide bonds. The number of hydrogen-bond acceptors (Lipinski definition) is 5. The number of ether oxygens (including phenoxy) is 1. The minimum absolute atomic E-state index is 0.0633. The van der Waals surface area contributed by atoms with Crippen molar-refractivity contribution < 1.29 is 98.6 Å². The molecule has 1 aromatic carbocycles. The second kappa shape index (κ2) is 11.5. The van der Waals surface area contributed by atoms with Crippen LogP contribution in [-0.2, 0) is 19.2 Å². The lowest BCUT2D eigenvalue weighted by molar-refractivity contribution is -0.451. The summed E-state index contributed by atoms with van der Waals surface area (Å²) in [5, 5.41) is 0. The molecule has 0 N–H and O–H groups in total. The van der Waals surface area contributed by atoms with Gasteiger partial charge in [0.05, 0.1) is 15.8 Å². The normalized spacial score (nSPS) is 17.6. The van der Waals surface area contributed by atoms with Gasteiger partial charge in [0.15, 0.2) is 0 Å². The number of alkyl halides is 15. The maximum absolute atomic E-state index is 14.5. The highest BCUT2D eigenvalue weighted by molar-refractivity contribution is 9.10. The topological polar surface area (TPSA) is 84.0 Å². The molecule has 0 radical (unpaired) electrons. The molecule has 0 saturated heterocycles. The van der Waals surface area contributed by atoms with E-state index in [1.54, 1.807) is 0 Å². The molecule has 48 heavy (non-hydrogen) atoms. The summed E-state index contributed by atoms with van der Waals surface area (Å²) >= 11 is 2.48. The van der Waals surface area contributed by atoms with Crippen molar-refractivity contribution in [1.29, 1.82) is 0 Å². The van der Waals surface area contributed by atoms with Crippen LogP contribution in [0.3, 0.4) is 0 Å². The lowest BCUT2D eigenvalue weighted by Crippen LogP contribution is -2.72. The molecule has 0 atom stereocenters. The van der Waals surface area contributed by atoms with Crippen LogP contribution in [0.4, 0.5) is 86.0 Å². The molecule has 25 heteroatoms. The van der Waals surface area contributed by atoms with Gasteiger partial charge in [-0.2, -0.15) is 74.6 Å². The van der Waals surface area contributed by atoms with Crippen LogP contribution in [0.25, 0.3) is 0 Å². The van der Waals surface area contributed by atoms with E-state index in [0.29, 0.717) is 30.4 Å². The van der Waals surface area contributed by atoms with Gasteiger partial charge in [0.25, 0.3) is 23.6 Å². The fraction of sp³-hybridized carbons (Fsp3) is 0.304. The predicted molar refractivity (Wildman–Crippen MR) is 123 cm³/mol. The summed E-state index contributed by atoms with van der Waals surface area (Å²) in [5.74, 6) is -61.9.